The van der Waals surface area contributed by atoms with Crippen molar-refractivity contribution in [2.75, 3.05) is 6.54 Å². The number of hydrogen-bond acceptors (Lipinski definition) is 2. The van der Waals surface area contributed by atoms with Crippen LogP contribution in [0.5, 0.6) is 0 Å². The molecule has 1 heterocycles. The lowest BCUT2D eigenvalue weighted by molar-refractivity contribution is 0.422. The Bertz CT molecular complexity index is 276. The molecule has 1 unspecified atom stereocenters. The third kappa shape index (κ3) is 3.67. The molecule has 1 aromatic heterocycles. The largest absolute Gasteiger partial charge is 0.310 e. The van der Waals surface area contributed by atoms with Gasteiger partial charge in [-0.15, -0.1) is 0 Å². The fourth-order valence-electron chi connectivity index (χ4n) is 1.70. The standard InChI is InChI=1S/C12H23N3/c1-5-11(6-2)7-13-10(3)12-8-14-15(4)9-12/h8-11,13H,5-7H2,1-4H3. The van der Waals surface area contributed by atoms with Crippen LogP contribution in [0, 0.1) is 5.92 Å². The highest BCUT2D eigenvalue weighted by molar-refractivity contribution is 5.08. The van der Waals surface area contributed by atoms with Gasteiger partial charge in [-0.1, -0.05) is 26.7 Å². The zero-order valence-corrected chi connectivity index (χ0v) is 10.3. The van der Waals surface area contributed by atoms with Crippen LogP contribution in [-0.4, -0.2) is 16.3 Å². The molecule has 0 bridgehead atoms. The van der Waals surface area contributed by atoms with E-state index < -0.39 is 0 Å². The molecule has 0 aliphatic heterocycles. The van der Waals surface area contributed by atoms with Crippen molar-refractivity contribution in [1.82, 2.24) is 15.1 Å². The van der Waals surface area contributed by atoms with Crippen LogP contribution in [0.2, 0.25) is 0 Å². The molecule has 0 aliphatic rings. The van der Waals surface area contributed by atoms with E-state index in [0.29, 0.717) is 6.04 Å². The molecule has 0 radical (unpaired) electrons. The summed E-state index contributed by atoms with van der Waals surface area (Å²) in [6.45, 7) is 7.80. The van der Waals surface area contributed by atoms with Crippen LogP contribution in [0.3, 0.4) is 0 Å². The maximum Gasteiger partial charge on any atom is 0.0537 e. The second-order valence-corrected chi connectivity index (χ2v) is 4.26. The highest BCUT2D eigenvalue weighted by Gasteiger charge is 2.09. The summed E-state index contributed by atoms with van der Waals surface area (Å²) in [6.07, 6.45) is 6.52. The van der Waals surface area contributed by atoms with E-state index in [1.807, 2.05) is 17.9 Å². The fourth-order valence-corrected chi connectivity index (χ4v) is 1.70. The molecular weight excluding hydrogens is 186 g/mol. The van der Waals surface area contributed by atoms with Crippen molar-refractivity contribution < 1.29 is 0 Å². The first kappa shape index (κ1) is 12.2. The average molecular weight is 209 g/mol. The Morgan fingerprint density at radius 3 is 2.53 bits per heavy atom. The molecule has 0 amide bonds. The van der Waals surface area contributed by atoms with Crippen molar-refractivity contribution >= 4 is 0 Å². The van der Waals surface area contributed by atoms with E-state index in [2.05, 4.69) is 37.4 Å². The van der Waals surface area contributed by atoms with Gasteiger partial charge in [0.1, 0.15) is 0 Å². The Kier molecular flexibility index (Phi) is 4.82. The maximum absolute atomic E-state index is 4.18. The topological polar surface area (TPSA) is 29.9 Å². The van der Waals surface area contributed by atoms with Gasteiger partial charge in [0.05, 0.1) is 6.20 Å². The van der Waals surface area contributed by atoms with Crippen molar-refractivity contribution in [1.29, 1.82) is 0 Å². The van der Waals surface area contributed by atoms with Crippen molar-refractivity contribution in [3.63, 3.8) is 0 Å². The number of nitrogens with zero attached hydrogens (tertiary/aromatic N) is 2. The van der Waals surface area contributed by atoms with E-state index in [1.165, 1.54) is 18.4 Å². The highest BCUT2D eigenvalue weighted by atomic mass is 15.2. The summed E-state index contributed by atoms with van der Waals surface area (Å²) >= 11 is 0. The lowest BCUT2D eigenvalue weighted by atomic mass is 10.0. The summed E-state index contributed by atoms with van der Waals surface area (Å²) in [5, 5.41) is 7.74. The molecule has 1 aromatic rings. The van der Waals surface area contributed by atoms with Gasteiger partial charge < -0.3 is 5.32 Å². The van der Waals surface area contributed by atoms with Crippen LogP contribution in [0.1, 0.15) is 45.2 Å². The molecule has 0 aliphatic carbocycles. The van der Waals surface area contributed by atoms with Crippen LogP contribution >= 0.6 is 0 Å². The van der Waals surface area contributed by atoms with Crippen LogP contribution in [0.15, 0.2) is 12.4 Å². The van der Waals surface area contributed by atoms with Crippen molar-refractivity contribution in [2.45, 2.75) is 39.7 Å². The van der Waals surface area contributed by atoms with Crippen LogP contribution in [0.25, 0.3) is 0 Å². The molecule has 1 rings (SSSR count). The van der Waals surface area contributed by atoms with E-state index in [0.717, 1.165) is 12.5 Å². The quantitative estimate of drug-likeness (QED) is 0.780. The molecule has 15 heavy (non-hydrogen) atoms. The zero-order chi connectivity index (χ0) is 11.3. The highest BCUT2D eigenvalue weighted by Crippen LogP contribution is 2.12. The van der Waals surface area contributed by atoms with E-state index in [4.69, 9.17) is 0 Å². The summed E-state index contributed by atoms with van der Waals surface area (Å²) in [5.74, 6) is 0.795. The van der Waals surface area contributed by atoms with Gasteiger partial charge >= 0.3 is 0 Å². The van der Waals surface area contributed by atoms with E-state index in [1.54, 1.807) is 0 Å². The van der Waals surface area contributed by atoms with Gasteiger partial charge in [0, 0.05) is 24.8 Å². The molecule has 3 nitrogen and oxygen atoms in total. The Morgan fingerprint density at radius 2 is 2.07 bits per heavy atom. The minimum absolute atomic E-state index is 0.402. The molecule has 0 aromatic carbocycles. The van der Waals surface area contributed by atoms with Crippen LogP contribution in [0.4, 0.5) is 0 Å². The lowest BCUT2D eigenvalue weighted by Crippen LogP contribution is -2.25. The number of rotatable bonds is 6. The van der Waals surface area contributed by atoms with Gasteiger partial charge in [0.25, 0.3) is 0 Å². The molecule has 0 fully saturated rings. The number of aryl methyl sites for hydroxylation is 1. The molecule has 0 spiro atoms. The van der Waals surface area contributed by atoms with Crippen LogP contribution < -0.4 is 5.32 Å². The molecule has 86 valence electrons. The Balaban J connectivity index is 2.39. The predicted octanol–water partition coefficient (Wildman–Crippen LogP) is 2.51. The second kappa shape index (κ2) is 5.91. The molecule has 1 atom stereocenters. The second-order valence-electron chi connectivity index (χ2n) is 4.26. The minimum Gasteiger partial charge on any atom is -0.310 e. The molecular formula is C12H23N3. The Hall–Kier alpha value is -0.830. The van der Waals surface area contributed by atoms with Gasteiger partial charge in [-0.3, -0.25) is 4.68 Å². The first-order valence-electron chi connectivity index (χ1n) is 5.89. The summed E-state index contributed by atoms with van der Waals surface area (Å²) in [6, 6.07) is 0.402. The fraction of sp³-hybridized carbons (Fsp3) is 0.750. The molecule has 3 heteroatoms. The summed E-state index contributed by atoms with van der Waals surface area (Å²) in [5.41, 5.74) is 1.27. The predicted molar refractivity (Wildman–Crippen MR) is 63.7 cm³/mol. The smallest absolute Gasteiger partial charge is 0.0537 e. The van der Waals surface area contributed by atoms with Gasteiger partial charge in [-0.25, -0.2) is 0 Å². The zero-order valence-electron chi connectivity index (χ0n) is 10.3. The Morgan fingerprint density at radius 1 is 1.40 bits per heavy atom. The first-order valence-corrected chi connectivity index (χ1v) is 5.89. The number of aromatic nitrogens is 2. The van der Waals surface area contributed by atoms with Crippen molar-refractivity contribution in [3.05, 3.63) is 18.0 Å². The summed E-state index contributed by atoms with van der Waals surface area (Å²) in [4.78, 5) is 0. The van der Waals surface area contributed by atoms with Crippen molar-refractivity contribution in [2.24, 2.45) is 13.0 Å². The summed E-state index contributed by atoms with van der Waals surface area (Å²) in [7, 11) is 1.96. The van der Waals surface area contributed by atoms with Gasteiger partial charge in [0.2, 0.25) is 0 Å². The number of nitrogens with one attached hydrogen (secondary N) is 1. The van der Waals surface area contributed by atoms with Gasteiger partial charge in [-0.2, -0.15) is 5.10 Å². The van der Waals surface area contributed by atoms with E-state index in [-0.39, 0.29) is 0 Å². The molecule has 0 saturated heterocycles. The van der Waals surface area contributed by atoms with E-state index >= 15 is 0 Å². The van der Waals surface area contributed by atoms with Gasteiger partial charge in [0.15, 0.2) is 0 Å². The SMILES string of the molecule is CCC(CC)CNC(C)c1cnn(C)c1. The average Bonchev–Trinajstić information content (AvgIpc) is 2.66. The maximum atomic E-state index is 4.18. The minimum atomic E-state index is 0.402. The third-order valence-electron chi connectivity index (χ3n) is 3.09. The van der Waals surface area contributed by atoms with E-state index in [9.17, 15) is 0 Å². The first-order chi connectivity index (χ1) is 7.17. The molecule has 1 N–H and O–H groups in total. The number of hydrogen-bond donors (Lipinski definition) is 1. The molecule has 0 saturated carbocycles. The van der Waals surface area contributed by atoms with Crippen LogP contribution in [-0.2, 0) is 7.05 Å². The van der Waals surface area contributed by atoms with Gasteiger partial charge in [-0.05, 0) is 19.4 Å². The summed E-state index contributed by atoms with van der Waals surface area (Å²) < 4.78 is 1.85. The monoisotopic (exact) mass is 209 g/mol. The van der Waals surface area contributed by atoms with Crippen molar-refractivity contribution in [3.8, 4) is 0 Å². The normalized spacial score (nSPS) is 13.4. The lowest BCUT2D eigenvalue weighted by Gasteiger charge is -2.17. The Labute approximate surface area is 92.9 Å². The third-order valence-corrected chi connectivity index (χ3v) is 3.09.